The molecule has 0 aromatic carbocycles. The summed E-state index contributed by atoms with van der Waals surface area (Å²) in [5.74, 6) is 0.794. The first kappa shape index (κ1) is 9.74. The summed E-state index contributed by atoms with van der Waals surface area (Å²) in [6, 6.07) is 4.15. The summed E-state index contributed by atoms with van der Waals surface area (Å²) in [7, 11) is 0. The Kier molecular flexibility index (Phi) is 3.22. The van der Waals surface area contributed by atoms with Gasteiger partial charge >= 0.3 is 0 Å². The molecule has 2 N–H and O–H groups in total. The lowest BCUT2D eigenvalue weighted by Gasteiger charge is -2.24. The molecule has 0 radical (unpaired) electrons. The molecule has 1 atom stereocenters. The fraction of sp³-hybridized carbons (Fsp3) is 0.500. The fourth-order valence-corrected chi connectivity index (χ4v) is 1.84. The van der Waals surface area contributed by atoms with Crippen LogP contribution in [-0.2, 0) is 0 Å². The van der Waals surface area contributed by atoms with Gasteiger partial charge in [0.25, 0.3) is 0 Å². The minimum atomic E-state index is 0.455. The van der Waals surface area contributed by atoms with Crippen molar-refractivity contribution in [1.82, 2.24) is 10.3 Å². The number of halogens is 1. The number of hydrogen-bond donors (Lipinski definition) is 2. The van der Waals surface area contributed by atoms with E-state index in [1.54, 1.807) is 6.20 Å². The van der Waals surface area contributed by atoms with Gasteiger partial charge in [-0.3, -0.25) is 0 Å². The second-order valence-electron chi connectivity index (χ2n) is 3.52. The molecular formula is C10H14ClN3. The van der Waals surface area contributed by atoms with Gasteiger partial charge in [0, 0.05) is 18.8 Å². The number of piperidine rings is 1. The zero-order valence-electron chi connectivity index (χ0n) is 7.96. The molecule has 14 heavy (non-hydrogen) atoms. The van der Waals surface area contributed by atoms with Crippen LogP contribution in [0.3, 0.4) is 0 Å². The lowest BCUT2D eigenvalue weighted by atomic mass is 10.1. The molecule has 1 saturated heterocycles. The predicted octanol–water partition coefficient (Wildman–Crippen LogP) is 1.90. The Hall–Kier alpha value is -0.800. The number of nitrogens with zero attached hydrogens (tertiary/aromatic N) is 1. The third kappa shape index (κ3) is 2.36. The first-order valence-corrected chi connectivity index (χ1v) is 5.32. The molecule has 1 aromatic rings. The molecule has 1 aliphatic heterocycles. The Morgan fingerprint density at radius 2 is 2.50 bits per heavy atom. The minimum Gasteiger partial charge on any atom is -0.365 e. The number of aromatic nitrogens is 1. The summed E-state index contributed by atoms with van der Waals surface area (Å²) in [6.45, 7) is 2.11. The topological polar surface area (TPSA) is 37.0 Å². The average Bonchev–Trinajstić information content (AvgIpc) is 2.23. The monoisotopic (exact) mass is 211 g/mol. The molecule has 0 saturated carbocycles. The Balaban J connectivity index is 1.99. The molecule has 0 aliphatic carbocycles. The van der Waals surface area contributed by atoms with Gasteiger partial charge in [-0.1, -0.05) is 11.6 Å². The fourth-order valence-electron chi connectivity index (χ4n) is 1.66. The quantitative estimate of drug-likeness (QED) is 0.785. The summed E-state index contributed by atoms with van der Waals surface area (Å²) >= 11 is 6.00. The molecule has 4 heteroatoms. The van der Waals surface area contributed by atoms with Crippen LogP contribution in [0.2, 0.25) is 5.02 Å². The van der Waals surface area contributed by atoms with Crippen molar-refractivity contribution in [3.63, 3.8) is 0 Å². The number of hydrogen-bond acceptors (Lipinski definition) is 3. The van der Waals surface area contributed by atoms with Crippen LogP contribution in [0, 0.1) is 0 Å². The van der Waals surface area contributed by atoms with Crippen LogP contribution in [-0.4, -0.2) is 24.1 Å². The molecule has 1 unspecified atom stereocenters. The lowest BCUT2D eigenvalue weighted by molar-refractivity contribution is 0.479. The van der Waals surface area contributed by atoms with E-state index in [1.165, 1.54) is 12.8 Å². The highest BCUT2D eigenvalue weighted by Gasteiger charge is 2.13. The summed E-state index contributed by atoms with van der Waals surface area (Å²) < 4.78 is 0. The molecule has 76 valence electrons. The molecule has 1 fully saturated rings. The molecule has 0 amide bonds. The Morgan fingerprint density at radius 3 is 3.21 bits per heavy atom. The van der Waals surface area contributed by atoms with E-state index >= 15 is 0 Å². The maximum absolute atomic E-state index is 6.00. The average molecular weight is 212 g/mol. The van der Waals surface area contributed by atoms with Gasteiger partial charge in [0.1, 0.15) is 5.82 Å². The molecule has 3 nitrogen and oxygen atoms in total. The molecule has 2 rings (SSSR count). The molecule has 0 spiro atoms. The second-order valence-corrected chi connectivity index (χ2v) is 3.93. The van der Waals surface area contributed by atoms with Crippen LogP contribution in [0.25, 0.3) is 0 Å². The SMILES string of the molecule is Clc1cccnc1NC1CCCNC1. The number of rotatable bonds is 2. The summed E-state index contributed by atoms with van der Waals surface area (Å²) in [6.07, 6.45) is 4.15. The third-order valence-corrected chi connectivity index (χ3v) is 2.70. The highest BCUT2D eigenvalue weighted by atomic mass is 35.5. The second kappa shape index (κ2) is 4.62. The van der Waals surface area contributed by atoms with Crippen LogP contribution >= 0.6 is 11.6 Å². The number of pyridine rings is 1. The van der Waals surface area contributed by atoms with E-state index < -0.39 is 0 Å². The van der Waals surface area contributed by atoms with Gasteiger partial charge in [0.15, 0.2) is 0 Å². The third-order valence-electron chi connectivity index (χ3n) is 2.40. The molecule has 1 aliphatic rings. The Morgan fingerprint density at radius 1 is 1.57 bits per heavy atom. The van der Waals surface area contributed by atoms with Gasteiger partial charge in [-0.25, -0.2) is 4.98 Å². The zero-order valence-corrected chi connectivity index (χ0v) is 8.72. The first-order chi connectivity index (χ1) is 6.86. The lowest BCUT2D eigenvalue weighted by Crippen LogP contribution is -2.38. The van der Waals surface area contributed by atoms with Gasteiger partial charge in [-0.2, -0.15) is 0 Å². The van der Waals surface area contributed by atoms with Crippen molar-refractivity contribution in [3.8, 4) is 0 Å². The highest BCUT2D eigenvalue weighted by molar-refractivity contribution is 6.32. The highest BCUT2D eigenvalue weighted by Crippen LogP contribution is 2.19. The van der Waals surface area contributed by atoms with Crippen LogP contribution in [0.1, 0.15) is 12.8 Å². The normalized spacial score (nSPS) is 21.9. The minimum absolute atomic E-state index is 0.455. The molecule has 1 aromatic heterocycles. The van der Waals surface area contributed by atoms with Gasteiger partial charge in [0.05, 0.1) is 5.02 Å². The van der Waals surface area contributed by atoms with E-state index in [1.807, 2.05) is 12.1 Å². The summed E-state index contributed by atoms with van der Waals surface area (Å²) in [5.41, 5.74) is 0. The maximum atomic E-state index is 6.00. The van der Waals surface area contributed by atoms with Crippen molar-refractivity contribution in [1.29, 1.82) is 0 Å². The molecule has 0 bridgehead atoms. The Bertz CT molecular complexity index is 297. The van der Waals surface area contributed by atoms with Crippen molar-refractivity contribution >= 4 is 17.4 Å². The van der Waals surface area contributed by atoms with Crippen LogP contribution in [0.4, 0.5) is 5.82 Å². The van der Waals surface area contributed by atoms with E-state index in [0.29, 0.717) is 11.1 Å². The first-order valence-electron chi connectivity index (χ1n) is 4.94. The van der Waals surface area contributed by atoms with Gasteiger partial charge < -0.3 is 10.6 Å². The molecule has 2 heterocycles. The number of nitrogens with one attached hydrogen (secondary N) is 2. The van der Waals surface area contributed by atoms with Gasteiger partial charge in [-0.15, -0.1) is 0 Å². The van der Waals surface area contributed by atoms with Crippen LogP contribution < -0.4 is 10.6 Å². The maximum Gasteiger partial charge on any atom is 0.145 e. The van der Waals surface area contributed by atoms with E-state index in [9.17, 15) is 0 Å². The van der Waals surface area contributed by atoms with Crippen LogP contribution in [0.5, 0.6) is 0 Å². The largest absolute Gasteiger partial charge is 0.365 e. The van der Waals surface area contributed by atoms with E-state index in [-0.39, 0.29) is 0 Å². The summed E-state index contributed by atoms with van der Waals surface area (Å²) in [5, 5.41) is 7.38. The predicted molar refractivity (Wildman–Crippen MR) is 58.8 cm³/mol. The standard InChI is InChI=1S/C10H14ClN3/c11-9-4-2-6-13-10(9)14-8-3-1-5-12-7-8/h2,4,6,8,12H,1,3,5,7H2,(H,13,14). The van der Waals surface area contributed by atoms with E-state index in [0.717, 1.165) is 18.9 Å². The van der Waals surface area contributed by atoms with Crippen molar-refractivity contribution in [2.24, 2.45) is 0 Å². The Labute approximate surface area is 88.9 Å². The van der Waals surface area contributed by atoms with Crippen LogP contribution in [0.15, 0.2) is 18.3 Å². The van der Waals surface area contributed by atoms with E-state index in [2.05, 4.69) is 15.6 Å². The van der Waals surface area contributed by atoms with Gasteiger partial charge in [0.2, 0.25) is 0 Å². The van der Waals surface area contributed by atoms with E-state index in [4.69, 9.17) is 11.6 Å². The summed E-state index contributed by atoms with van der Waals surface area (Å²) in [4.78, 5) is 4.20. The van der Waals surface area contributed by atoms with Gasteiger partial charge in [-0.05, 0) is 31.5 Å². The molecular weight excluding hydrogens is 198 g/mol. The number of anilines is 1. The van der Waals surface area contributed by atoms with Crippen molar-refractivity contribution in [2.75, 3.05) is 18.4 Å². The van der Waals surface area contributed by atoms with Crippen molar-refractivity contribution in [2.45, 2.75) is 18.9 Å². The van der Waals surface area contributed by atoms with Crippen molar-refractivity contribution < 1.29 is 0 Å². The smallest absolute Gasteiger partial charge is 0.145 e. The zero-order chi connectivity index (χ0) is 9.80. The van der Waals surface area contributed by atoms with Crippen molar-refractivity contribution in [3.05, 3.63) is 23.4 Å².